The summed E-state index contributed by atoms with van der Waals surface area (Å²) in [4.78, 5) is 0. The minimum absolute atomic E-state index is 0.441. The predicted octanol–water partition coefficient (Wildman–Crippen LogP) is 13.1. The van der Waals surface area contributed by atoms with Gasteiger partial charge in [0, 0.05) is 6.61 Å². The molecule has 0 aliphatic rings. The Morgan fingerprint density at radius 3 is 1.09 bits per heavy atom. The van der Waals surface area contributed by atoms with Gasteiger partial charge in [0.2, 0.25) is 0 Å². The highest BCUT2D eigenvalue weighted by atomic mass is 16.6. The van der Waals surface area contributed by atoms with Crippen LogP contribution in [0, 0.1) is 5.92 Å². The molecule has 0 spiro atoms. The van der Waals surface area contributed by atoms with Crippen LogP contribution < -0.4 is 0 Å². The summed E-state index contributed by atoms with van der Waals surface area (Å²) >= 11 is 0. The molecule has 3 rings (SSSR count). The van der Waals surface area contributed by atoms with Gasteiger partial charge in [0.05, 0.1) is 52.9 Å². The van der Waals surface area contributed by atoms with Gasteiger partial charge in [0.25, 0.3) is 0 Å². The molecule has 0 N–H and O–H groups in total. The number of hydrogen-bond acceptors (Lipinski definition) is 5. The van der Waals surface area contributed by atoms with Gasteiger partial charge in [-0.1, -0.05) is 180 Å². The van der Waals surface area contributed by atoms with Gasteiger partial charge in [-0.15, -0.1) is 13.2 Å². The number of ether oxygens (including phenoxy) is 5. The van der Waals surface area contributed by atoms with Crippen molar-refractivity contribution < 1.29 is 23.7 Å². The lowest BCUT2D eigenvalue weighted by molar-refractivity contribution is -0.0388. The number of hydrogen-bond donors (Lipinski definition) is 0. The van der Waals surface area contributed by atoms with E-state index in [2.05, 4.69) is 86.0 Å². The van der Waals surface area contributed by atoms with Gasteiger partial charge in [0.15, 0.2) is 0 Å². The first kappa shape index (κ1) is 47.3. The summed E-state index contributed by atoms with van der Waals surface area (Å²) in [7, 11) is 0. The van der Waals surface area contributed by atoms with Gasteiger partial charge >= 0.3 is 0 Å². The number of benzene rings is 3. The minimum Gasteiger partial charge on any atom is -0.379 e. The molecule has 0 unspecified atom stereocenters. The Morgan fingerprint density at radius 1 is 0.393 bits per heavy atom. The average Bonchev–Trinajstić information content (AvgIpc) is 3.24. The summed E-state index contributed by atoms with van der Waals surface area (Å²) < 4.78 is 30.5. The summed E-state index contributed by atoms with van der Waals surface area (Å²) in [6, 6.07) is 31.3. The van der Waals surface area contributed by atoms with Crippen LogP contribution in [0.1, 0.15) is 132 Å². The molecule has 0 amide bonds. The lowest BCUT2D eigenvalue weighted by Crippen LogP contribution is -2.34. The normalized spacial score (nSPS) is 11.7. The molecule has 0 aliphatic carbocycles. The van der Waals surface area contributed by atoms with Crippen molar-refractivity contribution in [3.63, 3.8) is 0 Å². The van der Waals surface area contributed by atoms with Crippen LogP contribution in [0.2, 0.25) is 0 Å². The van der Waals surface area contributed by atoms with Crippen LogP contribution in [0.5, 0.6) is 0 Å². The fraction of sp³-hybridized carbons (Fsp3) is 0.569. The molecule has 0 radical (unpaired) electrons. The van der Waals surface area contributed by atoms with Crippen LogP contribution in [0.4, 0.5) is 0 Å². The molecule has 0 aliphatic heterocycles. The van der Waals surface area contributed by atoms with Crippen molar-refractivity contribution in [1.29, 1.82) is 0 Å². The summed E-state index contributed by atoms with van der Waals surface area (Å²) in [5.74, 6) is 0.662. The average molecular weight is 769 g/mol. The van der Waals surface area contributed by atoms with E-state index in [-0.39, 0.29) is 0 Å². The predicted molar refractivity (Wildman–Crippen MR) is 235 cm³/mol. The summed E-state index contributed by atoms with van der Waals surface area (Å²) in [5.41, 5.74) is 2.53. The second kappa shape index (κ2) is 33.0. The Bertz CT molecular complexity index is 1190. The van der Waals surface area contributed by atoms with Gasteiger partial charge in [-0.2, -0.15) is 0 Å². The highest BCUT2D eigenvalue weighted by Crippen LogP contribution is 2.40. The third-order valence-corrected chi connectivity index (χ3v) is 10.6. The fourth-order valence-corrected chi connectivity index (χ4v) is 7.45. The zero-order valence-corrected chi connectivity index (χ0v) is 34.9. The van der Waals surface area contributed by atoms with Crippen LogP contribution >= 0.6 is 0 Å². The van der Waals surface area contributed by atoms with Crippen LogP contribution in [0.25, 0.3) is 0 Å². The largest absolute Gasteiger partial charge is 0.379 e. The van der Waals surface area contributed by atoms with E-state index in [0.717, 1.165) is 36.1 Å². The van der Waals surface area contributed by atoms with E-state index < -0.39 is 5.60 Å². The molecule has 0 saturated carbocycles. The number of allylic oxidation sites excluding steroid dienone is 2. The maximum atomic E-state index is 6.79. The third-order valence-electron chi connectivity index (χ3n) is 10.6. The standard InChI is InChI=1S/C51H76O5/c1-3-5-7-9-11-13-15-17-22-30-47(31-23-18-16-14-12-10-8-6-4-2)46-55-43-42-53-39-38-52-40-41-54-44-45-56-51(48-32-24-19-25-33-48,49-34-26-20-27-35-49)50-36-28-21-29-37-50/h3-4,19-21,24-29,32-37,47H,1-2,5-18,22-23,30-31,38-46H2. The molecule has 0 atom stereocenters. The van der Waals surface area contributed by atoms with Crippen molar-refractivity contribution in [2.75, 3.05) is 59.5 Å². The first-order valence-electron chi connectivity index (χ1n) is 22.1. The molecule has 0 bridgehead atoms. The molecule has 56 heavy (non-hydrogen) atoms. The molecule has 0 saturated heterocycles. The third kappa shape index (κ3) is 20.4. The Morgan fingerprint density at radius 2 is 0.714 bits per heavy atom. The van der Waals surface area contributed by atoms with Crippen molar-refractivity contribution in [3.8, 4) is 0 Å². The van der Waals surface area contributed by atoms with Crippen molar-refractivity contribution in [2.24, 2.45) is 5.92 Å². The summed E-state index contributed by atoms with van der Waals surface area (Å²) in [6.45, 7) is 12.8. The molecular formula is C51H76O5. The lowest BCUT2D eigenvalue weighted by Gasteiger charge is -2.36. The van der Waals surface area contributed by atoms with E-state index in [4.69, 9.17) is 23.7 Å². The number of unbranched alkanes of at least 4 members (excludes halogenated alkanes) is 14. The maximum absolute atomic E-state index is 6.79. The van der Waals surface area contributed by atoms with Gasteiger partial charge in [0.1, 0.15) is 5.60 Å². The molecular weight excluding hydrogens is 693 g/mol. The zero-order chi connectivity index (χ0) is 39.5. The van der Waals surface area contributed by atoms with E-state index in [1.807, 2.05) is 30.4 Å². The molecule has 5 heteroatoms. The second-order valence-electron chi connectivity index (χ2n) is 15.1. The van der Waals surface area contributed by atoms with Gasteiger partial charge in [-0.3, -0.25) is 0 Å². The second-order valence-corrected chi connectivity index (χ2v) is 15.1. The Kier molecular flexibility index (Phi) is 27.9. The fourth-order valence-electron chi connectivity index (χ4n) is 7.45. The summed E-state index contributed by atoms with van der Waals surface area (Å²) in [5, 5.41) is 0. The topological polar surface area (TPSA) is 46.2 Å². The first-order chi connectivity index (χ1) is 27.8. The Balaban J connectivity index is 1.26. The SMILES string of the molecule is C=CCCCCCCCCCC(CCCCCCCCCC=C)COCCOCCOCCOCCOC(c1ccccc1)(c1ccccc1)c1ccccc1. The van der Waals surface area contributed by atoms with E-state index in [1.165, 1.54) is 103 Å². The monoisotopic (exact) mass is 769 g/mol. The van der Waals surface area contributed by atoms with Crippen molar-refractivity contribution in [1.82, 2.24) is 0 Å². The van der Waals surface area contributed by atoms with Crippen LogP contribution in [-0.4, -0.2) is 59.5 Å². The summed E-state index contributed by atoms with van der Waals surface area (Å²) in [6.07, 6.45) is 27.8. The number of rotatable bonds is 38. The molecule has 0 fully saturated rings. The zero-order valence-electron chi connectivity index (χ0n) is 34.9. The molecule has 0 aromatic heterocycles. The van der Waals surface area contributed by atoms with Crippen molar-refractivity contribution in [2.45, 2.75) is 121 Å². The highest BCUT2D eigenvalue weighted by Gasteiger charge is 2.37. The van der Waals surface area contributed by atoms with Gasteiger partial charge in [-0.05, 0) is 61.1 Å². The van der Waals surface area contributed by atoms with Crippen LogP contribution in [0.15, 0.2) is 116 Å². The maximum Gasteiger partial charge on any atom is 0.143 e. The molecule has 0 heterocycles. The first-order valence-corrected chi connectivity index (χ1v) is 22.1. The van der Waals surface area contributed by atoms with Crippen molar-refractivity contribution in [3.05, 3.63) is 133 Å². The molecule has 5 nitrogen and oxygen atoms in total. The smallest absolute Gasteiger partial charge is 0.143 e. The molecule has 310 valence electrons. The van der Waals surface area contributed by atoms with Crippen LogP contribution in [-0.2, 0) is 29.3 Å². The highest BCUT2D eigenvalue weighted by molar-refractivity contribution is 5.47. The quantitative estimate of drug-likeness (QED) is 0.0330. The van der Waals surface area contributed by atoms with E-state index in [0.29, 0.717) is 58.8 Å². The van der Waals surface area contributed by atoms with Crippen LogP contribution in [0.3, 0.4) is 0 Å². The van der Waals surface area contributed by atoms with Gasteiger partial charge in [-0.25, -0.2) is 0 Å². The lowest BCUT2D eigenvalue weighted by atomic mass is 9.80. The van der Waals surface area contributed by atoms with E-state index >= 15 is 0 Å². The van der Waals surface area contributed by atoms with E-state index in [9.17, 15) is 0 Å². The Hall–Kier alpha value is -3.06. The van der Waals surface area contributed by atoms with Crippen molar-refractivity contribution >= 4 is 0 Å². The molecule has 3 aromatic carbocycles. The molecule has 3 aromatic rings. The van der Waals surface area contributed by atoms with E-state index in [1.54, 1.807) is 0 Å². The van der Waals surface area contributed by atoms with Gasteiger partial charge < -0.3 is 23.7 Å². The minimum atomic E-state index is -0.735. The Labute approximate surface area is 342 Å².